The van der Waals surface area contributed by atoms with Gasteiger partial charge in [0.2, 0.25) is 0 Å². The summed E-state index contributed by atoms with van der Waals surface area (Å²) >= 11 is 0. The van der Waals surface area contributed by atoms with Crippen molar-refractivity contribution < 1.29 is 19.1 Å². The zero-order valence-corrected chi connectivity index (χ0v) is 8.25. The van der Waals surface area contributed by atoms with Gasteiger partial charge in [0.15, 0.2) is 0 Å². The van der Waals surface area contributed by atoms with Crippen molar-refractivity contribution in [3.63, 3.8) is 0 Å². The van der Waals surface area contributed by atoms with Crippen molar-refractivity contribution in [2.75, 3.05) is 13.2 Å². The number of hydrogen-bond acceptors (Lipinski definition) is 4. The van der Waals surface area contributed by atoms with Crippen LogP contribution in [0.4, 0.5) is 4.79 Å². The van der Waals surface area contributed by atoms with E-state index in [1.165, 1.54) is 6.92 Å². The number of esters is 1. The van der Waals surface area contributed by atoms with Crippen LogP contribution in [-0.4, -0.2) is 25.2 Å². The van der Waals surface area contributed by atoms with Crippen molar-refractivity contribution in [3.8, 4) is 12.0 Å². The first kappa shape index (κ1) is 12.3. The molecule has 1 N–H and O–H groups in total. The normalized spacial score (nSPS) is 8.14. The predicted molar refractivity (Wildman–Crippen MR) is 49.2 cm³/mol. The first-order valence-corrected chi connectivity index (χ1v) is 4.22. The van der Waals surface area contributed by atoms with E-state index in [0.29, 0.717) is 6.42 Å². The molecule has 0 saturated heterocycles. The van der Waals surface area contributed by atoms with Crippen molar-refractivity contribution >= 4 is 12.1 Å². The molecule has 0 saturated carbocycles. The van der Waals surface area contributed by atoms with Gasteiger partial charge in [-0.05, 0) is 0 Å². The topological polar surface area (TPSA) is 64.6 Å². The molecule has 0 fully saturated rings. The molecule has 14 heavy (non-hydrogen) atoms. The Labute approximate surface area is 82.8 Å². The lowest BCUT2D eigenvalue weighted by Gasteiger charge is -2.02. The zero-order chi connectivity index (χ0) is 10.8. The molecule has 0 aromatic rings. The molecule has 0 aliphatic carbocycles. The Kier molecular flexibility index (Phi) is 6.96. The summed E-state index contributed by atoms with van der Waals surface area (Å²) in [5.74, 6) is 2.19. The van der Waals surface area contributed by atoms with Crippen LogP contribution >= 0.6 is 0 Å². The molecule has 5 heteroatoms. The maximum atomic E-state index is 10.8. The highest BCUT2D eigenvalue weighted by atomic mass is 16.5. The van der Waals surface area contributed by atoms with Crippen molar-refractivity contribution in [1.29, 1.82) is 0 Å². The molecule has 0 aromatic heterocycles. The second-order valence-electron chi connectivity index (χ2n) is 2.29. The molecule has 0 rings (SSSR count). The van der Waals surface area contributed by atoms with Gasteiger partial charge in [-0.1, -0.05) is 12.8 Å². The fourth-order valence-corrected chi connectivity index (χ4v) is 0.539. The summed E-state index contributed by atoms with van der Waals surface area (Å²) in [7, 11) is 0. The van der Waals surface area contributed by atoms with Crippen LogP contribution in [0.5, 0.6) is 0 Å². The molecule has 0 aliphatic rings. The van der Waals surface area contributed by atoms with Gasteiger partial charge in [0.05, 0.1) is 6.54 Å². The number of carbonyl (C=O) groups excluding carboxylic acids is 2. The van der Waals surface area contributed by atoms with E-state index in [9.17, 15) is 9.59 Å². The average Bonchev–Trinajstić information content (AvgIpc) is 2.13. The minimum Gasteiger partial charge on any atom is -0.464 e. The molecule has 1 amide bonds. The van der Waals surface area contributed by atoms with Gasteiger partial charge < -0.3 is 14.8 Å². The number of amides is 1. The third-order valence-electron chi connectivity index (χ3n) is 1.07. The predicted octanol–water partition coefficient (Wildman–Crippen LogP) is 0.647. The second-order valence-corrected chi connectivity index (χ2v) is 2.29. The van der Waals surface area contributed by atoms with E-state index >= 15 is 0 Å². The van der Waals surface area contributed by atoms with E-state index < -0.39 is 6.09 Å². The van der Waals surface area contributed by atoms with Gasteiger partial charge in [-0.25, -0.2) is 4.79 Å². The quantitative estimate of drug-likeness (QED) is 0.411. The van der Waals surface area contributed by atoms with Crippen LogP contribution in [0.2, 0.25) is 0 Å². The number of alkyl carbamates (subject to hydrolysis) is 1. The lowest BCUT2D eigenvalue weighted by Crippen LogP contribution is -2.27. The second kappa shape index (κ2) is 7.92. The highest BCUT2D eigenvalue weighted by Crippen LogP contribution is 1.77. The minimum absolute atomic E-state index is 0.131. The maximum absolute atomic E-state index is 10.8. The van der Waals surface area contributed by atoms with E-state index in [1.807, 2.05) is 6.92 Å². The summed E-state index contributed by atoms with van der Waals surface area (Å²) in [4.78, 5) is 21.1. The Morgan fingerprint density at radius 1 is 1.43 bits per heavy atom. The molecule has 0 atom stereocenters. The summed E-state index contributed by atoms with van der Waals surface area (Å²) in [6.45, 7) is 3.48. The Hall–Kier alpha value is -1.70. The van der Waals surface area contributed by atoms with Gasteiger partial charge in [0, 0.05) is 13.3 Å². The summed E-state index contributed by atoms with van der Waals surface area (Å²) in [5.41, 5.74) is 0. The standard InChI is InChI=1S/C9H13NO4/c1-3-4-6-14-9(12)10-5-7-13-8(2)11/h3,5,7H2,1-2H3,(H,10,12). The SMILES string of the molecule is CCC#COC(=O)NCCOC(C)=O. The van der Waals surface area contributed by atoms with Crippen LogP contribution in [0.3, 0.4) is 0 Å². The molecular weight excluding hydrogens is 186 g/mol. The lowest BCUT2D eigenvalue weighted by molar-refractivity contribution is -0.140. The molecule has 0 radical (unpaired) electrons. The Balaban J connectivity index is 3.40. The van der Waals surface area contributed by atoms with E-state index in [4.69, 9.17) is 0 Å². The monoisotopic (exact) mass is 199 g/mol. The van der Waals surface area contributed by atoms with Gasteiger partial charge in [-0.15, -0.1) is 0 Å². The molecule has 0 aliphatic heterocycles. The van der Waals surface area contributed by atoms with Crippen LogP contribution in [0.25, 0.3) is 0 Å². The number of carbonyl (C=O) groups is 2. The van der Waals surface area contributed by atoms with Gasteiger partial charge in [0.1, 0.15) is 12.7 Å². The first-order valence-electron chi connectivity index (χ1n) is 4.22. The Bertz CT molecular complexity index is 251. The van der Waals surface area contributed by atoms with Gasteiger partial charge in [0.25, 0.3) is 0 Å². The van der Waals surface area contributed by atoms with Gasteiger partial charge in [-0.2, -0.15) is 0 Å². The lowest BCUT2D eigenvalue weighted by atomic mass is 10.5. The molecule has 78 valence electrons. The minimum atomic E-state index is -0.641. The molecular formula is C9H13NO4. The van der Waals surface area contributed by atoms with Gasteiger partial charge in [-0.3, -0.25) is 4.79 Å². The maximum Gasteiger partial charge on any atom is 0.421 e. The zero-order valence-electron chi connectivity index (χ0n) is 8.25. The van der Waals surface area contributed by atoms with Crippen LogP contribution in [-0.2, 0) is 14.3 Å². The van der Waals surface area contributed by atoms with Crippen LogP contribution in [0, 0.1) is 12.0 Å². The number of nitrogens with one attached hydrogen (secondary N) is 1. The van der Waals surface area contributed by atoms with Crippen LogP contribution < -0.4 is 5.32 Å². The third kappa shape index (κ3) is 8.40. The molecule has 5 nitrogen and oxygen atoms in total. The largest absolute Gasteiger partial charge is 0.464 e. The average molecular weight is 199 g/mol. The molecule has 0 unspecified atom stereocenters. The van der Waals surface area contributed by atoms with E-state index in [0.717, 1.165) is 0 Å². The summed E-state index contributed by atoms with van der Waals surface area (Å²) in [6.07, 6.45) is 2.20. The third-order valence-corrected chi connectivity index (χ3v) is 1.07. The number of ether oxygens (including phenoxy) is 2. The summed E-state index contributed by atoms with van der Waals surface area (Å²) < 4.78 is 9.01. The van der Waals surface area contributed by atoms with Crippen molar-refractivity contribution in [1.82, 2.24) is 5.32 Å². The molecule has 0 heterocycles. The van der Waals surface area contributed by atoms with E-state index in [1.54, 1.807) is 0 Å². The van der Waals surface area contributed by atoms with E-state index in [-0.39, 0.29) is 19.1 Å². The smallest absolute Gasteiger partial charge is 0.421 e. The summed E-state index contributed by atoms with van der Waals surface area (Å²) in [5, 5.41) is 2.36. The Morgan fingerprint density at radius 2 is 2.14 bits per heavy atom. The number of hydrogen-bond donors (Lipinski definition) is 1. The van der Waals surface area contributed by atoms with Crippen LogP contribution in [0.15, 0.2) is 0 Å². The molecule has 0 spiro atoms. The fourth-order valence-electron chi connectivity index (χ4n) is 0.539. The van der Waals surface area contributed by atoms with Crippen molar-refractivity contribution in [2.24, 2.45) is 0 Å². The Morgan fingerprint density at radius 3 is 2.71 bits per heavy atom. The highest BCUT2D eigenvalue weighted by molar-refractivity contribution is 5.68. The van der Waals surface area contributed by atoms with Gasteiger partial charge >= 0.3 is 12.1 Å². The molecule has 0 aromatic carbocycles. The molecule has 0 bridgehead atoms. The van der Waals surface area contributed by atoms with Crippen molar-refractivity contribution in [3.05, 3.63) is 0 Å². The van der Waals surface area contributed by atoms with Crippen molar-refractivity contribution in [2.45, 2.75) is 20.3 Å². The fraction of sp³-hybridized carbons (Fsp3) is 0.556. The van der Waals surface area contributed by atoms with Crippen LogP contribution in [0.1, 0.15) is 20.3 Å². The number of rotatable bonds is 3. The summed E-state index contributed by atoms with van der Waals surface area (Å²) in [6, 6.07) is 0. The highest BCUT2D eigenvalue weighted by Gasteiger charge is 1.99. The first-order chi connectivity index (χ1) is 6.66. The van der Waals surface area contributed by atoms with E-state index in [2.05, 4.69) is 26.8 Å².